The fourth-order valence-electron chi connectivity index (χ4n) is 3.63. The van der Waals surface area contributed by atoms with E-state index in [1.165, 1.54) is 4.68 Å². The Kier molecular flexibility index (Phi) is 7.06. The number of nitrogens with one attached hydrogen (secondary N) is 1. The predicted molar refractivity (Wildman–Crippen MR) is 115 cm³/mol. The Bertz CT molecular complexity index is 1070. The minimum atomic E-state index is -0.958. The second-order valence-corrected chi connectivity index (χ2v) is 8.20. The molecule has 1 amide bonds. The molecule has 1 unspecified atom stereocenters. The van der Waals surface area contributed by atoms with Crippen LogP contribution in [-0.4, -0.2) is 33.8 Å². The lowest BCUT2D eigenvalue weighted by Gasteiger charge is -2.22. The first-order valence-electron chi connectivity index (χ1n) is 10.8. The highest BCUT2D eigenvalue weighted by Gasteiger charge is 2.43. The quantitative estimate of drug-likeness (QED) is 0.463. The Morgan fingerprint density at radius 2 is 1.97 bits per heavy atom. The van der Waals surface area contributed by atoms with Gasteiger partial charge in [0.2, 0.25) is 0 Å². The monoisotopic (exact) mass is 424 g/mol. The summed E-state index contributed by atoms with van der Waals surface area (Å²) in [4.78, 5) is 37.7. The molecule has 164 valence electrons. The minimum Gasteiger partial charge on any atom is -0.451 e. The molecule has 0 aliphatic heterocycles. The zero-order valence-electron chi connectivity index (χ0n) is 18.0. The van der Waals surface area contributed by atoms with Crippen LogP contribution in [0.2, 0.25) is 0 Å². The summed E-state index contributed by atoms with van der Waals surface area (Å²) in [6, 6.07) is 8.87. The van der Waals surface area contributed by atoms with Crippen LogP contribution in [-0.2, 0) is 16.1 Å². The van der Waals surface area contributed by atoms with Crippen LogP contribution in [0, 0.1) is 17.2 Å². The highest BCUT2D eigenvalue weighted by molar-refractivity contribution is 6.02. The fourth-order valence-corrected chi connectivity index (χ4v) is 3.63. The second kappa shape index (κ2) is 9.73. The first-order valence-corrected chi connectivity index (χ1v) is 10.8. The molecule has 0 bridgehead atoms. The molecule has 1 aromatic carbocycles. The molecule has 8 nitrogen and oxygen atoms in total. The molecular formula is C23H28N4O4. The lowest BCUT2D eigenvalue weighted by atomic mass is 9.98. The maximum absolute atomic E-state index is 12.7. The maximum atomic E-state index is 12.7. The number of aromatic nitrogens is 2. The van der Waals surface area contributed by atoms with Gasteiger partial charge in [0.05, 0.1) is 11.5 Å². The summed E-state index contributed by atoms with van der Waals surface area (Å²) < 4.78 is 6.49. The van der Waals surface area contributed by atoms with E-state index in [0.717, 1.165) is 38.5 Å². The van der Waals surface area contributed by atoms with Gasteiger partial charge in [-0.15, -0.1) is 0 Å². The normalized spacial score (nSPS) is 15.1. The number of hydrogen-bond acceptors (Lipinski definition) is 6. The Balaban J connectivity index is 1.75. The molecule has 1 N–H and O–H groups in total. The molecule has 0 saturated heterocycles. The number of hydrogen-bond donors (Lipinski definition) is 1. The number of aryl methyl sites for hydroxylation is 1. The zero-order chi connectivity index (χ0) is 22.4. The third-order valence-corrected chi connectivity index (χ3v) is 5.64. The van der Waals surface area contributed by atoms with Crippen molar-refractivity contribution in [1.82, 2.24) is 15.1 Å². The van der Waals surface area contributed by atoms with Crippen LogP contribution in [0.15, 0.2) is 29.1 Å². The molecule has 3 rings (SSSR count). The Hall–Kier alpha value is -3.21. The van der Waals surface area contributed by atoms with Crippen molar-refractivity contribution in [2.45, 2.75) is 64.5 Å². The standard InChI is InChI=1S/C23H28N4O4/c1-3-4-5-8-13-27-21(29)18-10-7-6-9-17(18)20(26-27)22(30)31-14-19(28)25-23(2,15-24)16-11-12-16/h6-7,9-10,16H,3-5,8,11-14H2,1-2H3,(H,25,28). The molecule has 1 aliphatic rings. The Morgan fingerprint density at radius 1 is 1.26 bits per heavy atom. The van der Waals surface area contributed by atoms with Gasteiger partial charge in [-0.3, -0.25) is 9.59 Å². The smallest absolute Gasteiger partial charge is 0.359 e. The number of unbranched alkanes of at least 4 members (excludes halogenated alkanes) is 3. The first-order chi connectivity index (χ1) is 14.9. The van der Waals surface area contributed by atoms with Crippen LogP contribution in [0.3, 0.4) is 0 Å². The zero-order valence-corrected chi connectivity index (χ0v) is 18.0. The van der Waals surface area contributed by atoms with E-state index >= 15 is 0 Å². The molecule has 1 atom stereocenters. The molecule has 1 aliphatic carbocycles. The van der Waals surface area contributed by atoms with Crippen LogP contribution >= 0.6 is 0 Å². The van der Waals surface area contributed by atoms with E-state index in [-0.39, 0.29) is 17.2 Å². The molecule has 0 radical (unpaired) electrons. The van der Waals surface area contributed by atoms with E-state index in [9.17, 15) is 19.6 Å². The lowest BCUT2D eigenvalue weighted by Crippen LogP contribution is -2.48. The van der Waals surface area contributed by atoms with E-state index in [1.807, 2.05) is 0 Å². The van der Waals surface area contributed by atoms with Crippen LogP contribution in [0.5, 0.6) is 0 Å². The van der Waals surface area contributed by atoms with E-state index in [4.69, 9.17) is 4.74 Å². The number of nitrogens with zero attached hydrogens (tertiary/aromatic N) is 3. The van der Waals surface area contributed by atoms with Crippen molar-refractivity contribution in [3.05, 3.63) is 40.3 Å². The molecule has 1 heterocycles. The molecule has 0 spiro atoms. The van der Waals surface area contributed by atoms with Crippen molar-refractivity contribution in [3.8, 4) is 6.07 Å². The number of carbonyl (C=O) groups is 2. The van der Waals surface area contributed by atoms with Gasteiger partial charge in [0.25, 0.3) is 11.5 Å². The second-order valence-electron chi connectivity index (χ2n) is 8.20. The van der Waals surface area contributed by atoms with Gasteiger partial charge in [0.1, 0.15) is 5.54 Å². The van der Waals surface area contributed by atoms with E-state index < -0.39 is 24.0 Å². The van der Waals surface area contributed by atoms with Crippen molar-refractivity contribution in [2.75, 3.05) is 6.61 Å². The van der Waals surface area contributed by atoms with Crippen LogP contribution in [0.25, 0.3) is 10.8 Å². The van der Waals surface area contributed by atoms with Crippen LogP contribution in [0.4, 0.5) is 0 Å². The average molecular weight is 425 g/mol. The van der Waals surface area contributed by atoms with Crippen LogP contribution < -0.4 is 10.9 Å². The maximum Gasteiger partial charge on any atom is 0.359 e. The molecule has 1 fully saturated rings. The molecule has 1 saturated carbocycles. The van der Waals surface area contributed by atoms with Gasteiger partial charge >= 0.3 is 5.97 Å². The number of esters is 1. The van der Waals surface area contributed by atoms with Gasteiger partial charge in [-0.1, -0.05) is 44.4 Å². The third-order valence-electron chi connectivity index (χ3n) is 5.64. The summed E-state index contributed by atoms with van der Waals surface area (Å²) in [5, 5.41) is 17.0. The van der Waals surface area contributed by atoms with Crippen LogP contribution in [0.1, 0.15) is 62.9 Å². The van der Waals surface area contributed by atoms with Gasteiger partial charge in [0.15, 0.2) is 12.3 Å². The number of nitriles is 1. The lowest BCUT2D eigenvalue weighted by molar-refractivity contribution is -0.125. The van der Waals surface area contributed by atoms with Crippen molar-refractivity contribution in [2.24, 2.45) is 5.92 Å². The summed E-state index contributed by atoms with van der Waals surface area (Å²) in [6.45, 7) is 3.67. The fraction of sp³-hybridized carbons (Fsp3) is 0.522. The van der Waals surface area contributed by atoms with Crippen molar-refractivity contribution in [1.29, 1.82) is 5.26 Å². The highest BCUT2D eigenvalue weighted by atomic mass is 16.5. The Morgan fingerprint density at radius 3 is 2.61 bits per heavy atom. The number of rotatable bonds is 10. The number of ether oxygens (including phenoxy) is 1. The van der Waals surface area contributed by atoms with E-state index in [1.54, 1.807) is 31.2 Å². The number of fused-ring (bicyclic) bond motifs is 1. The first kappa shape index (κ1) is 22.5. The summed E-state index contributed by atoms with van der Waals surface area (Å²) in [5.74, 6) is -1.20. The van der Waals surface area contributed by atoms with Gasteiger partial charge < -0.3 is 10.1 Å². The summed E-state index contributed by atoms with van der Waals surface area (Å²) in [7, 11) is 0. The summed E-state index contributed by atoms with van der Waals surface area (Å²) in [6.07, 6.45) is 5.67. The van der Waals surface area contributed by atoms with Gasteiger partial charge in [-0.05, 0) is 38.2 Å². The van der Waals surface area contributed by atoms with Crippen molar-refractivity contribution >= 4 is 22.6 Å². The number of amides is 1. The number of carbonyl (C=O) groups excluding carboxylic acids is 2. The summed E-state index contributed by atoms with van der Waals surface area (Å²) in [5.41, 5.74) is -1.21. The van der Waals surface area contributed by atoms with Gasteiger partial charge in [-0.2, -0.15) is 10.4 Å². The average Bonchev–Trinajstić information content (AvgIpc) is 3.62. The Labute approximate surface area is 181 Å². The molecule has 31 heavy (non-hydrogen) atoms. The van der Waals surface area contributed by atoms with E-state index in [0.29, 0.717) is 17.3 Å². The topological polar surface area (TPSA) is 114 Å². The van der Waals surface area contributed by atoms with Crippen molar-refractivity contribution in [3.63, 3.8) is 0 Å². The van der Waals surface area contributed by atoms with Crippen molar-refractivity contribution < 1.29 is 14.3 Å². The summed E-state index contributed by atoms with van der Waals surface area (Å²) >= 11 is 0. The largest absolute Gasteiger partial charge is 0.451 e. The molecular weight excluding hydrogens is 396 g/mol. The number of benzene rings is 1. The third kappa shape index (κ3) is 5.29. The van der Waals surface area contributed by atoms with Gasteiger partial charge in [0, 0.05) is 11.9 Å². The SMILES string of the molecule is CCCCCCn1nc(C(=O)OCC(=O)NC(C)(C#N)C2CC2)c2ccccc2c1=O. The molecule has 1 aromatic heterocycles. The predicted octanol–water partition coefficient (Wildman–Crippen LogP) is 2.94. The van der Waals surface area contributed by atoms with Gasteiger partial charge in [-0.25, -0.2) is 9.48 Å². The molecule has 8 heteroatoms. The minimum absolute atomic E-state index is 0.00345. The van der Waals surface area contributed by atoms with E-state index in [2.05, 4.69) is 23.4 Å². The molecule has 2 aromatic rings. The highest BCUT2D eigenvalue weighted by Crippen LogP contribution is 2.39.